The van der Waals surface area contributed by atoms with Gasteiger partial charge in [0.2, 0.25) is 0 Å². The number of halogens is 3. The average Bonchev–Trinajstić information content (AvgIpc) is 3.11. The van der Waals surface area contributed by atoms with Gasteiger partial charge in [0, 0.05) is 25.2 Å². The Morgan fingerprint density at radius 1 is 1.06 bits per heavy atom. The normalized spacial score (nSPS) is 11.4. The third kappa shape index (κ3) is 4.87. The highest BCUT2D eigenvalue weighted by molar-refractivity contribution is 5.70. The van der Waals surface area contributed by atoms with Crippen molar-refractivity contribution in [1.82, 2.24) is 15.1 Å². The molecule has 0 fully saturated rings. The molecule has 6 nitrogen and oxygen atoms in total. The van der Waals surface area contributed by atoms with Crippen LogP contribution in [-0.2, 0) is 19.8 Å². The van der Waals surface area contributed by atoms with Gasteiger partial charge in [-0.3, -0.25) is 4.68 Å². The zero-order valence-corrected chi connectivity index (χ0v) is 18.4. The van der Waals surface area contributed by atoms with Crippen LogP contribution < -0.4 is 14.8 Å². The van der Waals surface area contributed by atoms with Crippen molar-refractivity contribution in [2.24, 2.45) is 7.05 Å². The van der Waals surface area contributed by atoms with E-state index in [0.29, 0.717) is 17.1 Å². The molecule has 0 aliphatic carbocycles. The number of aryl methyl sites for hydroxylation is 4. The maximum absolute atomic E-state index is 13.1. The maximum Gasteiger partial charge on any atom is 0.433 e. The third-order valence-electron chi connectivity index (χ3n) is 5.11. The van der Waals surface area contributed by atoms with Crippen LogP contribution in [-0.4, -0.2) is 22.9 Å². The molecule has 0 unspecified atom stereocenters. The minimum absolute atomic E-state index is 0.153. The van der Waals surface area contributed by atoms with Gasteiger partial charge in [0.15, 0.2) is 0 Å². The van der Waals surface area contributed by atoms with Crippen molar-refractivity contribution in [2.75, 3.05) is 7.05 Å². The molecule has 0 aliphatic rings. The van der Waals surface area contributed by atoms with Gasteiger partial charge < -0.3 is 14.8 Å². The molecule has 9 heteroatoms. The van der Waals surface area contributed by atoms with Crippen LogP contribution in [0.5, 0.6) is 11.5 Å². The molecule has 1 N–H and O–H groups in total. The molecule has 2 aromatic carbocycles. The van der Waals surface area contributed by atoms with Crippen molar-refractivity contribution < 1.29 is 27.4 Å². The van der Waals surface area contributed by atoms with E-state index < -0.39 is 18.0 Å². The number of hydrogen-bond donors (Lipinski definition) is 1. The molecule has 0 atom stereocenters. The van der Waals surface area contributed by atoms with Gasteiger partial charge >= 0.3 is 12.3 Å². The highest BCUT2D eigenvalue weighted by Crippen LogP contribution is 2.35. The van der Waals surface area contributed by atoms with Gasteiger partial charge in [0.05, 0.1) is 5.69 Å². The number of nitrogens with one attached hydrogen (secondary N) is 1. The number of ether oxygens (including phenoxy) is 2. The summed E-state index contributed by atoms with van der Waals surface area (Å²) in [6.45, 7) is 5.64. The van der Waals surface area contributed by atoms with Crippen molar-refractivity contribution in [1.29, 1.82) is 0 Å². The molecular formula is C23H24F3N3O3. The van der Waals surface area contributed by atoms with E-state index >= 15 is 0 Å². The Kier molecular flexibility index (Phi) is 6.47. The molecule has 3 rings (SSSR count). The predicted molar refractivity (Wildman–Crippen MR) is 114 cm³/mol. The molecule has 170 valence electrons. The smallest absolute Gasteiger partial charge is 0.433 e. The first-order chi connectivity index (χ1) is 15.0. The highest BCUT2D eigenvalue weighted by atomic mass is 19.4. The fraction of sp³-hybridized carbons (Fsp3) is 0.304. The molecule has 1 aromatic heterocycles. The highest BCUT2D eigenvalue weighted by Gasteiger charge is 2.35. The first-order valence-corrected chi connectivity index (χ1v) is 9.85. The summed E-state index contributed by atoms with van der Waals surface area (Å²) in [5.41, 5.74) is 3.11. The summed E-state index contributed by atoms with van der Waals surface area (Å²) in [6.07, 6.45) is -5.06. The monoisotopic (exact) mass is 447 g/mol. The largest absolute Gasteiger partial charge is 0.488 e. The summed E-state index contributed by atoms with van der Waals surface area (Å²) in [4.78, 5) is 11.6. The summed E-state index contributed by atoms with van der Waals surface area (Å²) in [5, 5.41) is 6.44. The van der Waals surface area contributed by atoms with Gasteiger partial charge in [-0.05, 0) is 61.7 Å². The molecule has 32 heavy (non-hydrogen) atoms. The van der Waals surface area contributed by atoms with E-state index in [1.54, 1.807) is 31.2 Å². The Bertz CT molecular complexity index is 1150. The van der Waals surface area contributed by atoms with Crippen LogP contribution in [0, 0.1) is 20.8 Å². The van der Waals surface area contributed by atoms with Crippen LogP contribution >= 0.6 is 0 Å². The molecule has 1 amide bonds. The predicted octanol–water partition coefficient (Wildman–Crippen LogP) is 5.33. The second kappa shape index (κ2) is 8.94. The van der Waals surface area contributed by atoms with Gasteiger partial charge in [-0.25, -0.2) is 4.79 Å². The fourth-order valence-corrected chi connectivity index (χ4v) is 3.34. The number of rotatable bonds is 5. The molecule has 0 saturated heterocycles. The van der Waals surface area contributed by atoms with E-state index in [-0.39, 0.29) is 12.3 Å². The van der Waals surface area contributed by atoms with E-state index in [0.717, 1.165) is 33.0 Å². The lowest BCUT2D eigenvalue weighted by atomic mass is 10.0. The lowest BCUT2D eigenvalue weighted by molar-refractivity contribution is -0.143. The van der Waals surface area contributed by atoms with Gasteiger partial charge in [-0.1, -0.05) is 12.1 Å². The standard InChI is InChI=1S/C23H24F3N3O3/c1-13-7-6-8-19(32-22(30)27-4)17(13)12-31-20-10-14(2)16(9-15(20)3)18-11-21(23(24,25)26)29(5)28-18/h6-11H,12H2,1-5H3,(H,27,30). The molecule has 0 aliphatic heterocycles. The number of aromatic nitrogens is 2. The van der Waals surface area contributed by atoms with Crippen molar-refractivity contribution in [2.45, 2.75) is 33.6 Å². The van der Waals surface area contributed by atoms with Gasteiger partial charge in [-0.15, -0.1) is 0 Å². The van der Waals surface area contributed by atoms with E-state index in [4.69, 9.17) is 9.47 Å². The number of carbonyl (C=O) groups excluding carboxylic acids is 1. The lowest BCUT2D eigenvalue weighted by Crippen LogP contribution is -2.23. The molecule has 3 aromatic rings. The molecule has 1 heterocycles. The number of benzene rings is 2. The van der Waals surface area contributed by atoms with Crippen LogP contribution in [0.4, 0.5) is 18.0 Å². The lowest BCUT2D eigenvalue weighted by Gasteiger charge is -2.16. The zero-order valence-electron chi connectivity index (χ0n) is 18.4. The summed E-state index contributed by atoms with van der Waals surface area (Å²) >= 11 is 0. The molecule has 0 bridgehead atoms. The Morgan fingerprint density at radius 3 is 2.41 bits per heavy atom. The minimum atomic E-state index is -4.48. The van der Waals surface area contributed by atoms with Crippen LogP contribution in [0.1, 0.15) is 27.9 Å². The minimum Gasteiger partial charge on any atom is -0.488 e. The molecular weight excluding hydrogens is 423 g/mol. The molecule has 0 spiro atoms. The van der Waals surface area contributed by atoms with Crippen molar-refractivity contribution in [3.05, 3.63) is 64.3 Å². The summed E-state index contributed by atoms with van der Waals surface area (Å²) in [7, 11) is 2.74. The first kappa shape index (κ1) is 23.2. The van der Waals surface area contributed by atoms with E-state index in [2.05, 4.69) is 10.4 Å². The van der Waals surface area contributed by atoms with Crippen LogP contribution in [0.25, 0.3) is 11.3 Å². The zero-order chi connectivity index (χ0) is 23.6. The van der Waals surface area contributed by atoms with Gasteiger partial charge in [0.25, 0.3) is 0 Å². The average molecular weight is 447 g/mol. The van der Waals surface area contributed by atoms with Crippen LogP contribution in [0.2, 0.25) is 0 Å². The molecule has 0 saturated carbocycles. The number of amides is 1. The van der Waals surface area contributed by atoms with Crippen molar-refractivity contribution in [3.8, 4) is 22.8 Å². The Balaban J connectivity index is 1.87. The summed E-state index contributed by atoms with van der Waals surface area (Å²) in [5.74, 6) is 0.968. The Labute approximate surface area is 184 Å². The summed E-state index contributed by atoms with van der Waals surface area (Å²) < 4.78 is 51.5. The second-order valence-electron chi connectivity index (χ2n) is 7.45. The van der Waals surface area contributed by atoms with E-state index in [1.165, 1.54) is 14.1 Å². The van der Waals surface area contributed by atoms with Gasteiger partial charge in [-0.2, -0.15) is 18.3 Å². The Hall–Kier alpha value is -3.49. The first-order valence-electron chi connectivity index (χ1n) is 9.85. The van der Waals surface area contributed by atoms with Crippen molar-refractivity contribution >= 4 is 6.09 Å². The van der Waals surface area contributed by atoms with Gasteiger partial charge in [0.1, 0.15) is 23.8 Å². The maximum atomic E-state index is 13.1. The molecule has 0 radical (unpaired) electrons. The number of hydrogen-bond acceptors (Lipinski definition) is 4. The number of alkyl halides is 3. The topological polar surface area (TPSA) is 65.4 Å². The van der Waals surface area contributed by atoms with Crippen LogP contribution in [0.15, 0.2) is 36.4 Å². The number of carbonyl (C=O) groups is 1. The SMILES string of the molecule is CNC(=O)Oc1cccc(C)c1COc1cc(C)c(-c2cc(C(F)(F)F)n(C)n2)cc1C. The van der Waals surface area contributed by atoms with E-state index in [9.17, 15) is 18.0 Å². The quantitative estimate of drug-likeness (QED) is 0.574. The second-order valence-corrected chi connectivity index (χ2v) is 7.45. The van der Waals surface area contributed by atoms with Crippen molar-refractivity contribution in [3.63, 3.8) is 0 Å². The van der Waals surface area contributed by atoms with E-state index in [1.807, 2.05) is 19.9 Å². The Morgan fingerprint density at radius 2 is 1.78 bits per heavy atom. The third-order valence-corrected chi connectivity index (χ3v) is 5.11. The number of nitrogens with zero attached hydrogens (tertiary/aromatic N) is 2. The fourth-order valence-electron chi connectivity index (χ4n) is 3.34. The summed E-state index contributed by atoms with van der Waals surface area (Å²) in [6, 6.07) is 9.91. The van der Waals surface area contributed by atoms with Crippen LogP contribution in [0.3, 0.4) is 0 Å².